The summed E-state index contributed by atoms with van der Waals surface area (Å²) in [6, 6.07) is 18.5. The maximum Gasteiger partial charge on any atom is 0.231 e. The van der Waals surface area contributed by atoms with Gasteiger partial charge in [0.15, 0.2) is 6.20 Å². The first-order chi connectivity index (χ1) is 8.93. The highest BCUT2D eigenvalue weighted by Gasteiger charge is 2.06. The molecule has 0 aliphatic heterocycles. The Morgan fingerprint density at radius 3 is 2.61 bits per heavy atom. The van der Waals surface area contributed by atoms with Crippen LogP contribution in [-0.2, 0) is 0 Å². The van der Waals surface area contributed by atoms with Gasteiger partial charge in [0, 0.05) is 11.8 Å². The number of benzene rings is 2. The van der Waals surface area contributed by atoms with Crippen molar-refractivity contribution in [2.24, 2.45) is 0 Å². The van der Waals surface area contributed by atoms with Gasteiger partial charge in [0.05, 0.1) is 6.20 Å². The van der Waals surface area contributed by atoms with Crippen LogP contribution >= 0.6 is 11.3 Å². The van der Waals surface area contributed by atoms with Crippen molar-refractivity contribution in [2.75, 3.05) is 5.32 Å². The number of rotatable bonds is 3. The largest absolute Gasteiger partial charge is 0.357 e. The van der Waals surface area contributed by atoms with E-state index in [9.17, 15) is 0 Å². The summed E-state index contributed by atoms with van der Waals surface area (Å²) in [6.07, 6.45) is 3.99. The van der Waals surface area contributed by atoms with Crippen molar-refractivity contribution in [3.8, 4) is 0 Å². The van der Waals surface area contributed by atoms with Crippen LogP contribution in [0, 0.1) is 0 Å². The first kappa shape index (κ1) is 11.0. The molecule has 3 heteroatoms. The normalized spacial score (nSPS) is 11.1. The molecule has 0 radical (unpaired) electrons. The molecule has 88 valence electrons. The van der Waals surface area contributed by atoms with Crippen molar-refractivity contribution in [1.29, 1.82) is 0 Å². The highest BCUT2D eigenvalue weighted by molar-refractivity contribution is 7.16. The molecule has 2 aromatic carbocycles. The lowest BCUT2D eigenvalue weighted by Gasteiger charge is -1.96. The predicted molar refractivity (Wildman–Crippen MR) is 77.4 cm³/mol. The fraction of sp³-hybridized carbons (Fsp3) is 0. The Balaban J connectivity index is 1.80. The summed E-state index contributed by atoms with van der Waals surface area (Å²) in [6.45, 7) is 0. The number of nitrogens with zero attached hydrogens (tertiary/aromatic N) is 1. The van der Waals surface area contributed by atoms with E-state index >= 15 is 0 Å². The maximum atomic E-state index is 3.25. The molecule has 1 heterocycles. The second kappa shape index (κ2) is 5.02. The van der Waals surface area contributed by atoms with Gasteiger partial charge in [0.25, 0.3) is 0 Å². The number of aromatic nitrogens is 1. The minimum atomic E-state index is 1.09. The fourth-order valence-corrected chi connectivity index (χ4v) is 2.67. The Morgan fingerprint density at radius 2 is 1.72 bits per heavy atom. The van der Waals surface area contributed by atoms with Gasteiger partial charge in [-0.1, -0.05) is 41.7 Å². The summed E-state index contributed by atoms with van der Waals surface area (Å²) < 4.78 is 3.41. The smallest absolute Gasteiger partial charge is 0.231 e. The first-order valence-corrected chi connectivity index (χ1v) is 6.67. The van der Waals surface area contributed by atoms with Crippen molar-refractivity contribution < 1.29 is 4.57 Å². The van der Waals surface area contributed by atoms with E-state index in [1.54, 1.807) is 11.3 Å². The molecular formula is C15H13N2S+. The summed E-state index contributed by atoms with van der Waals surface area (Å²) in [5.74, 6) is 0. The molecule has 0 bridgehead atoms. The van der Waals surface area contributed by atoms with Crippen molar-refractivity contribution in [3.05, 3.63) is 66.3 Å². The van der Waals surface area contributed by atoms with Crippen molar-refractivity contribution in [1.82, 2.24) is 0 Å². The van der Waals surface area contributed by atoms with Crippen LogP contribution < -0.4 is 9.88 Å². The van der Waals surface area contributed by atoms with Crippen molar-refractivity contribution >= 4 is 33.4 Å². The molecule has 0 atom stereocenters. The summed E-state index contributed by atoms with van der Waals surface area (Å²) in [5, 5.41) is 3.25. The van der Waals surface area contributed by atoms with Crippen molar-refractivity contribution in [3.63, 3.8) is 0 Å². The van der Waals surface area contributed by atoms with Gasteiger partial charge < -0.3 is 5.32 Å². The zero-order chi connectivity index (χ0) is 12.2. The monoisotopic (exact) mass is 253 g/mol. The lowest BCUT2D eigenvalue weighted by atomic mass is 10.3. The van der Waals surface area contributed by atoms with E-state index in [4.69, 9.17) is 0 Å². The van der Waals surface area contributed by atoms with Gasteiger partial charge in [-0.3, -0.25) is 0 Å². The quantitative estimate of drug-likeness (QED) is 0.703. The molecule has 0 saturated heterocycles. The number of thiazole rings is 1. The zero-order valence-electron chi connectivity index (χ0n) is 9.78. The summed E-state index contributed by atoms with van der Waals surface area (Å²) in [5.41, 5.74) is 4.43. The topological polar surface area (TPSA) is 15.9 Å². The van der Waals surface area contributed by atoms with E-state index in [2.05, 4.69) is 39.7 Å². The molecule has 0 amide bonds. The summed E-state index contributed by atoms with van der Waals surface area (Å²) >= 11 is 1.74. The molecular weight excluding hydrogens is 240 g/mol. The van der Waals surface area contributed by atoms with Crippen LogP contribution in [0.5, 0.6) is 0 Å². The van der Waals surface area contributed by atoms with Crippen LogP contribution in [0.3, 0.4) is 0 Å². The third-order valence-corrected chi connectivity index (χ3v) is 3.63. The van der Waals surface area contributed by atoms with Crippen LogP contribution in [0.4, 0.5) is 5.69 Å². The number of hydrogen-bond acceptors (Lipinski definition) is 2. The molecule has 1 aromatic heterocycles. The SMILES string of the molecule is C(=C[n+]1csc2ccccc21)Nc1ccccc1. The highest BCUT2D eigenvalue weighted by atomic mass is 32.1. The summed E-state index contributed by atoms with van der Waals surface area (Å²) in [4.78, 5) is 0. The third kappa shape index (κ3) is 2.26. The van der Waals surface area contributed by atoms with Gasteiger partial charge in [0.2, 0.25) is 11.0 Å². The van der Waals surface area contributed by atoms with Gasteiger partial charge >= 0.3 is 0 Å². The van der Waals surface area contributed by atoms with E-state index < -0.39 is 0 Å². The van der Waals surface area contributed by atoms with Crippen LogP contribution in [0.2, 0.25) is 0 Å². The minimum Gasteiger partial charge on any atom is -0.357 e. The average Bonchev–Trinajstić information content (AvgIpc) is 2.84. The number of para-hydroxylation sites is 2. The number of fused-ring (bicyclic) bond motifs is 1. The van der Waals surface area contributed by atoms with E-state index in [1.807, 2.05) is 42.7 Å². The summed E-state index contributed by atoms with van der Waals surface area (Å²) in [7, 11) is 0. The van der Waals surface area contributed by atoms with Gasteiger partial charge in [0.1, 0.15) is 4.70 Å². The maximum absolute atomic E-state index is 3.25. The second-order valence-corrected chi connectivity index (χ2v) is 4.81. The predicted octanol–water partition coefficient (Wildman–Crippen LogP) is 3.73. The Hall–Kier alpha value is -2.13. The molecule has 1 N–H and O–H groups in total. The number of nitrogens with one attached hydrogen (secondary N) is 1. The van der Waals surface area contributed by atoms with Crippen LogP contribution in [0.25, 0.3) is 16.4 Å². The molecule has 0 aliphatic rings. The lowest BCUT2D eigenvalue weighted by Crippen LogP contribution is -2.22. The van der Waals surface area contributed by atoms with E-state index in [0.717, 1.165) is 5.69 Å². The minimum absolute atomic E-state index is 1.09. The van der Waals surface area contributed by atoms with E-state index in [-0.39, 0.29) is 0 Å². The molecule has 0 saturated carbocycles. The van der Waals surface area contributed by atoms with Gasteiger partial charge in [-0.05, 0) is 18.2 Å². The Morgan fingerprint density at radius 1 is 0.944 bits per heavy atom. The van der Waals surface area contributed by atoms with Crippen LogP contribution in [-0.4, -0.2) is 0 Å². The molecule has 0 aliphatic carbocycles. The third-order valence-electron chi connectivity index (χ3n) is 2.70. The molecule has 0 fully saturated rings. The Labute approximate surface area is 110 Å². The van der Waals surface area contributed by atoms with E-state index in [0.29, 0.717) is 0 Å². The number of hydrogen-bond donors (Lipinski definition) is 1. The lowest BCUT2D eigenvalue weighted by molar-refractivity contribution is -0.533. The second-order valence-electron chi connectivity index (χ2n) is 3.92. The fourth-order valence-electron chi connectivity index (χ4n) is 1.80. The van der Waals surface area contributed by atoms with Gasteiger partial charge in [-0.15, -0.1) is 0 Å². The average molecular weight is 253 g/mol. The molecule has 3 rings (SSSR count). The Kier molecular flexibility index (Phi) is 3.07. The zero-order valence-corrected chi connectivity index (χ0v) is 10.6. The van der Waals surface area contributed by atoms with Crippen molar-refractivity contribution in [2.45, 2.75) is 0 Å². The molecule has 0 spiro atoms. The Bertz CT molecular complexity index is 671. The van der Waals surface area contributed by atoms with Gasteiger partial charge in [-0.2, -0.15) is 4.57 Å². The van der Waals surface area contributed by atoms with Gasteiger partial charge in [-0.25, -0.2) is 0 Å². The van der Waals surface area contributed by atoms with Crippen LogP contribution in [0.15, 0.2) is 66.3 Å². The number of anilines is 1. The standard InChI is InChI=1S/C15H13N2S/c1-2-6-13(7-3-1)16-10-11-17-12-18-15-9-5-4-8-14(15)17/h1-12,16H/q+1. The molecule has 3 aromatic rings. The van der Waals surface area contributed by atoms with E-state index in [1.165, 1.54) is 10.2 Å². The van der Waals surface area contributed by atoms with Crippen LogP contribution in [0.1, 0.15) is 0 Å². The molecule has 18 heavy (non-hydrogen) atoms. The molecule has 0 unspecified atom stereocenters. The molecule has 2 nitrogen and oxygen atoms in total. The highest BCUT2D eigenvalue weighted by Crippen LogP contribution is 2.15. The first-order valence-electron chi connectivity index (χ1n) is 5.79.